The molecule has 0 aromatic heterocycles. The van der Waals surface area contributed by atoms with Crippen LogP contribution in [0.5, 0.6) is 0 Å². The minimum absolute atomic E-state index is 0.129. The highest BCUT2D eigenvalue weighted by molar-refractivity contribution is 6.34. The van der Waals surface area contributed by atoms with Crippen molar-refractivity contribution in [2.45, 2.75) is 13.3 Å². The van der Waals surface area contributed by atoms with E-state index < -0.39 is 0 Å². The molecule has 0 saturated heterocycles. The van der Waals surface area contributed by atoms with Crippen molar-refractivity contribution in [2.75, 3.05) is 11.9 Å². The first-order valence-electron chi connectivity index (χ1n) is 6.89. The fourth-order valence-corrected chi connectivity index (χ4v) is 2.75. The maximum absolute atomic E-state index is 12.7. The molecule has 0 radical (unpaired) electrons. The van der Waals surface area contributed by atoms with Gasteiger partial charge in [-0.05, 0) is 30.7 Å². The van der Waals surface area contributed by atoms with Gasteiger partial charge in [0.2, 0.25) is 0 Å². The van der Waals surface area contributed by atoms with Gasteiger partial charge in [-0.1, -0.05) is 30.7 Å². The van der Waals surface area contributed by atoms with Gasteiger partial charge in [0.15, 0.2) is 11.6 Å². The molecule has 0 bridgehead atoms. The molecule has 0 fully saturated rings. The molecule has 1 aliphatic carbocycles. The van der Waals surface area contributed by atoms with Gasteiger partial charge in [-0.3, -0.25) is 9.59 Å². The number of halogens is 1. The van der Waals surface area contributed by atoms with E-state index in [0.29, 0.717) is 33.0 Å². The molecule has 1 N–H and O–H groups in total. The maximum Gasteiger partial charge on any atom is 0.196 e. The Morgan fingerprint density at radius 2 is 1.81 bits per heavy atom. The lowest BCUT2D eigenvalue weighted by Crippen LogP contribution is -2.22. The summed E-state index contributed by atoms with van der Waals surface area (Å²) in [5.41, 5.74) is 2.42. The number of carbonyl (C=O) groups is 2. The average Bonchev–Trinajstić information content (AvgIpc) is 2.50. The molecule has 0 atom stereocenters. The van der Waals surface area contributed by atoms with E-state index in [4.69, 9.17) is 11.6 Å². The SMILES string of the molecule is CCCNc1cccc2c1C(=O)c1ccc(Cl)cc1C2=O. The van der Waals surface area contributed by atoms with Gasteiger partial charge in [0.05, 0.1) is 5.56 Å². The molecule has 2 aromatic rings. The number of carbonyl (C=O) groups excluding carboxylic acids is 2. The van der Waals surface area contributed by atoms with Crippen LogP contribution in [-0.4, -0.2) is 18.1 Å². The molecule has 21 heavy (non-hydrogen) atoms. The number of nitrogens with one attached hydrogen (secondary N) is 1. The zero-order valence-corrected chi connectivity index (χ0v) is 12.3. The summed E-state index contributed by atoms with van der Waals surface area (Å²) >= 11 is 5.94. The third kappa shape index (κ3) is 2.24. The molecule has 0 spiro atoms. The van der Waals surface area contributed by atoms with Crippen LogP contribution in [0.1, 0.15) is 45.2 Å². The smallest absolute Gasteiger partial charge is 0.196 e. The molecular formula is C17H14ClNO2. The summed E-state index contributed by atoms with van der Waals surface area (Å²) in [5.74, 6) is -0.280. The summed E-state index contributed by atoms with van der Waals surface area (Å²) in [7, 11) is 0. The van der Waals surface area contributed by atoms with Crippen LogP contribution in [0.4, 0.5) is 5.69 Å². The first-order valence-corrected chi connectivity index (χ1v) is 7.27. The summed E-state index contributed by atoms with van der Waals surface area (Å²) in [6, 6.07) is 10.1. The second-order valence-electron chi connectivity index (χ2n) is 5.00. The second kappa shape index (κ2) is 5.34. The third-order valence-electron chi connectivity index (χ3n) is 3.57. The van der Waals surface area contributed by atoms with Crippen molar-refractivity contribution in [3.63, 3.8) is 0 Å². The Balaban J connectivity index is 2.18. The predicted octanol–water partition coefficient (Wildman–Crippen LogP) is 3.94. The van der Waals surface area contributed by atoms with Gasteiger partial charge in [-0.15, -0.1) is 0 Å². The maximum atomic E-state index is 12.7. The zero-order chi connectivity index (χ0) is 15.0. The normalized spacial score (nSPS) is 12.9. The van der Waals surface area contributed by atoms with Gasteiger partial charge < -0.3 is 5.32 Å². The highest BCUT2D eigenvalue weighted by Crippen LogP contribution is 2.33. The molecule has 1 aliphatic rings. The van der Waals surface area contributed by atoms with Crippen molar-refractivity contribution in [1.82, 2.24) is 0 Å². The molecule has 0 saturated carbocycles. The number of fused-ring (bicyclic) bond motifs is 2. The standard InChI is InChI=1S/C17H14ClNO2/c1-2-8-19-14-5-3-4-12-15(14)17(21)11-7-6-10(18)9-13(11)16(12)20/h3-7,9,19H,2,8H2,1H3. The summed E-state index contributed by atoms with van der Waals surface area (Å²) in [4.78, 5) is 25.3. The van der Waals surface area contributed by atoms with Crippen LogP contribution in [0.2, 0.25) is 5.02 Å². The van der Waals surface area contributed by atoms with Crippen LogP contribution in [0.3, 0.4) is 0 Å². The highest BCUT2D eigenvalue weighted by atomic mass is 35.5. The van der Waals surface area contributed by atoms with Gasteiger partial charge in [0.25, 0.3) is 0 Å². The number of anilines is 1. The lowest BCUT2D eigenvalue weighted by Gasteiger charge is -2.20. The van der Waals surface area contributed by atoms with Gasteiger partial charge in [-0.25, -0.2) is 0 Å². The molecule has 0 aliphatic heterocycles. The summed E-state index contributed by atoms with van der Waals surface area (Å²) < 4.78 is 0. The lowest BCUT2D eigenvalue weighted by molar-refractivity contribution is 0.0979. The Morgan fingerprint density at radius 1 is 1.00 bits per heavy atom. The largest absolute Gasteiger partial charge is 0.384 e. The average molecular weight is 300 g/mol. The molecule has 0 unspecified atom stereocenters. The Labute approximate surface area is 127 Å². The Bertz CT molecular complexity index is 752. The van der Waals surface area contributed by atoms with Crippen molar-refractivity contribution in [3.8, 4) is 0 Å². The summed E-state index contributed by atoms with van der Waals surface area (Å²) in [5, 5.41) is 3.67. The van der Waals surface area contributed by atoms with Crippen molar-refractivity contribution < 1.29 is 9.59 Å². The third-order valence-corrected chi connectivity index (χ3v) is 3.81. The molecule has 4 heteroatoms. The van der Waals surface area contributed by atoms with Gasteiger partial charge in [0.1, 0.15) is 0 Å². The van der Waals surface area contributed by atoms with Crippen LogP contribution < -0.4 is 5.32 Å². The molecule has 3 nitrogen and oxygen atoms in total. The minimum Gasteiger partial charge on any atom is -0.384 e. The molecule has 106 valence electrons. The second-order valence-corrected chi connectivity index (χ2v) is 5.44. The number of hydrogen-bond acceptors (Lipinski definition) is 3. The quantitative estimate of drug-likeness (QED) is 0.797. The number of benzene rings is 2. The van der Waals surface area contributed by atoms with E-state index in [0.717, 1.165) is 13.0 Å². The minimum atomic E-state index is -0.151. The van der Waals surface area contributed by atoms with Crippen molar-refractivity contribution in [1.29, 1.82) is 0 Å². The van der Waals surface area contributed by atoms with Crippen molar-refractivity contribution in [3.05, 3.63) is 63.7 Å². The van der Waals surface area contributed by atoms with E-state index in [-0.39, 0.29) is 11.6 Å². The van der Waals surface area contributed by atoms with Gasteiger partial charge in [-0.2, -0.15) is 0 Å². The van der Waals surface area contributed by atoms with Gasteiger partial charge >= 0.3 is 0 Å². The highest BCUT2D eigenvalue weighted by Gasteiger charge is 2.31. The monoisotopic (exact) mass is 299 g/mol. The lowest BCUT2D eigenvalue weighted by atomic mass is 9.83. The van der Waals surface area contributed by atoms with E-state index in [1.54, 1.807) is 30.3 Å². The molecule has 0 heterocycles. The van der Waals surface area contributed by atoms with E-state index in [1.165, 1.54) is 0 Å². The first-order chi connectivity index (χ1) is 10.1. The predicted molar refractivity (Wildman–Crippen MR) is 83.5 cm³/mol. The van der Waals surface area contributed by atoms with Crippen LogP contribution in [0.25, 0.3) is 0 Å². The number of ketones is 2. The first kappa shape index (κ1) is 13.8. The van der Waals surface area contributed by atoms with E-state index in [2.05, 4.69) is 5.32 Å². The number of rotatable bonds is 3. The van der Waals surface area contributed by atoms with Crippen LogP contribution in [0, 0.1) is 0 Å². The Hall–Kier alpha value is -2.13. The summed E-state index contributed by atoms with van der Waals surface area (Å²) in [6.07, 6.45) is 0.942. The van der Waals surface area contributed by atoms with Crippen LogP contribution in [-0.2, 0) is 0 Å². The Kier molecular flexibility index (Phi) is 3.52. The van der Waals surface area contributed by atoms with Crippen LogP contribution >= 0.6 is 11.6 Å². The zero-order valence-electron chi connectivity index (χ0n) is 11.6. The van der Waals surface area contributed by atoms with E-state index in [1.807, 2.05) is 13.0 Å². The van der Waals surface area contributed by atoms with Crippen molar-refractivity contribution in [2.24, 2.45) is 0 Å². The number of hydrogen-bond donors (Lipinski definition) is 1. The molecule has 2 aromatic carbocycles. The summed E-state index contributed by atoms with van der Waals surface area (Å²) in [6.45, 7) is 2.80. The topological polar surface area (TPSA) is 46.2 Å². The Morgan fingerprint density at radius 3 is 2.57 bits per heavy atom. The molecule has 3 rings (SSSR count). The fourth-order valence-electron chi connectivity index (χ4n) is 2.58. The van der Waals surface area contributed by atoms with Crippen molar-refractivity contribution >= 4 is 28.9 Å². The van der Waals surface area contributed by atoms with Gasteiger partial charge in [0, 0.05) is 33.9 Å². The van der Waals surface area contributed by atoms with Crippen LogP contribution in [0.15, 0.2) is 36.4 Å². The van der Waals surface area contributed by atoms with E-state index in [9.17, 15) is 9.59 Å². The molecule has 0 amide bonds. The fraction of sp³-hybridized carbons (Fsp3) is 0.176. The van der Waals surface area contributed by atoms with E-state index >= 15 is 0 Å². The molecular weight excluding hydrogens is 286 g/mol.